The van der Waals surface area contributed by atoms with Crippen molar-refractivity contribution < 1.29 is 17.2 Å². The molecule has 0 unspecified atom stereocenters. The van der Waals surface area contributed by atoms with Gasteiger partial charge in [0.15, 0.2) is 21.5 Å². The van der Waals surface area contributed by atoms with Crippen LogP contribution < -0.4 is 5.73 Å². The fourth-order valence-corrected chi connectivity index (χ4v) is 3.24. The molecule has 0 aliphatic rings. The Morgan fingerprint density at radius 3 is 2.35 bits per heavy atom. The summed E-state index contributed by atoms with van der Waals surface area (Å²) in [5.74, 6) is -2.57. The summed E-state index contributed by atoms with van der Waals surface area (Å²) in [4.78, 5) is -0.0265. The van der Waals surface area contributed by atoms with Crippen LogP contribution in [0.4, 0.5) is 14.5 Å². The Kier molecular flexibility index (Phi) is 3.96. The van der Waals surface area contributed by atoms with E-state index in [0.717, 1.165) is 12.1 Å². The quantitative estimate of drug-likeness (QED) is 0.884. The van der Waals surface area contributed by atoms with Crippen molar-refractivity contribution in [2.24, 2.45) is 0 Å². The third-order valence-corrected chi connectivity index (χ3v) is 4.68. The Morgan fingerprint density at radius 2 is 1.75 bits per heavy atom. The highest BCUT2D eigenvalue weighted by Gasteiger charge is 2.17. The zero-order chi connectivity index (χ0) is 14.9. The highest BCUT2D eigenvalue weighted by molar-refractivity contribution is 7.90. The van der Waals surface area contributed by atoms with Gasteiger partial charge < -0.3 is 5.73 Å². The third-order valence-electron chi connectivity index (χ3n) is 2.67. The molecule has 0 aliphatic heterocycles. The van der Waals surface area contributed by atoms with Gasteiger partial charge in [-0.05, 0) is 35.9 Å². The lowest BCUT2D eigenvalue weighted by molar-refractivity contribution is 0.507. The number of benzene rings is 2. The van der Waals surface area contributed by atoms with Gasteiger partial charge in [-0.25, -0.2) is 17.2 Å². The van der Waals surface area contributed by atoms with Gasteiger partial charge in [-0.2, -0.15) is 0 Å². The molecule has 2 rings (SSSR count). The van der Waals surface area contributed by atoms with Crippen LogP contribution in [0.2, 0.25) is 5.02 Å². The molecule has 0 aromatic heterocycles. The Hall–Kier alpha value is -1.66. The zero-order valence-electron chi connectivity index (χ0n) is 10.1. The molecule has 0 heterocycles. The van der Waals surface area contributed by atoms with Crippen LogP contribution in [-0.4, -0.2) is 8.42 Å². The second kappa shape index (κ2) is 5.38. The first kappa shape index (κ1) is 14.7. The SMILES string of the molecule is Nc1ccc(S(=O)(=O)Cc2ccc(F)c(F)c2)cc1Cl. The molecular weight excluding hydrogens is 308 g/mol. The molecule has 0 atom stereocenters. The first-order valence-corrected chi connectivity index (χ1v) is 7.54. The molecule has 0 radical (unpaired) electrons. The van der Waals surface area contributed by atoms with Gasteiger partial charge in [0, 0.05) is 0 Å². The van der Waals surface area contributed by atoms with Crippen molar-refractivity contribution in [3.63, 3.8) is 0 Å². The van der Waals surface area contributed by atoms with Crippen LogP contribution in [0, 0.1) is 11.6 Å². The lowest BCUT2D eigenvalue weighted by Crippen LogP contribution is -2.06. The van der Waals surface area contributed by atoms with E-state index in [9.17, 15) is 17.2 Å². The molecule has 0 aliphatic carbocycles. The van der Waals surface area contributed by atoms with E-state index in [2.05, 4.69) is 0 Å². The molecule has 106 valence electrons. The van der Waals surface area contributed by atoms with Gasteiger partial charge >= 0.3 is 0 Å². The van der Waals surface area contributed by atoms with Crippen molar-refractivity contribution in [1.82, 2.24) is 0 Å². The average Bonchev–Trinajstić information content (AvgIpc) is 2.37. The number of nitrogens with two attached hydrogens (primary N) is 1. The number of hydrogen-bond acceptors (Lipinski definition) is 3. The molecule has 0 spiro atoms. The maximum absolute atomic E-state index is 13.1. The molecule has 0 saturated carbocycles. The van der Waals surface area contributed by atoms with Gasteiger partial charge in [0.2, 0.25) is 0 Å². The standard InChI is InChI=1S/C13H10ClF2NO2S/c14-10-6-9(2-4-13(10)17)20(18,19)7-8-1-3-11(15)12(16)5-8/h1-6H,7,17H2. The molecule has 20 heavy (non-hydrogen) atoms. The number of halogens is 3. The van der Waals surface area contributed by atoms with Gasteiger partial charge in [0.05, 0.1) is 21.4 Å². The monoisotopic (exact) mass is 317 g/mol. The Balaban J connectivity index is 2.35. The predicted octanol–water partition coefficient (Wildman–Crippen LogP) is 3.17. The topological polar surface area (TPSA) is 60.2 Å². The first-order chi connectivity index (χ1) is 9.29. The third kappa shape index (κ3) is 3.08. The summed E-state index contributed by atoms with van der Waals surface area (Å²) >= 11 is 5.77. The summed E-state index contributed by atoms with van der Waals surface area (Å²) in [5.41, 5.74) is 5.92. The Bertz CT molecular complexity index is 763. The highest BCUT2D eigenvalue weighted by atomic mass is 35.5. The summed E-state index contributed by atoms with van der Waals surface area (Å²) < 4.78 is 50.2. The molecule has 0 fully saturated rings. The maximum atomic E-state index is 13.1. The van der Waals surface area contributed by atoms with Gasteiger partial charge in [0.1, 0.15) is 0 Å². The van der Waals surface area contributed by atoms with E-state index >= 15 is 0 Å². The minimum atomic E-state index is -3.71. The number of rotatable bonds is 3. The lowest BCUT2D eigenvalue weighted by Gasteiger charge is -2.07. The van der Waals surface area contributed by atoms with E-state index < -0.39 is 27.2 Å². The molecule has 0 saturated heterocycles. The average molecular weight is 318 g/mol. The first-order valence-electron chi connectivity index (χ1n) is 5.51. The van der Waals surface area contributed by atoms with Crippen LogP contribution >= 0.6 is 11.6 Å². The van der Waals surface area contributed by atoms with Crippen molar-refractivity contribution in [1.29, 1.82) is 0 Å². The van der Waals surface area contributed by atoms with Crippen molar-refractivity contribution in [3.8, 4) is 0 Å². The van der Waals surface area contributed by atoms with Crippen molar-refractivity contribution in [2.45, 2.75) is 10.6 Å². The summed E-state index contributed by atoms with van der Waals surface area (Å²) in [6.07, 6.45) is 0. The van der Waals surface area contributed by atoms with Crippen molar-refractivity contribution in [2.75, 3.05) is 5.73 Å². The van der Waals surface area contributed by atoms with Gasteiger partial charge in [-0.3, -0.25) is 0 Å². The summed E-state index contributed by atoms with van der Waals surface area (Å²) in [7, 11) is -3.71. The second-order valence-electron chi connectivity index (χ2n) is 4.19. The largest absolute Gasteiger partial charge is 0.398 e. The van der Waals surface area contributed by atoms with Gasteiger partial charge in [-0.1, -0.05) is 17.7 Å². The molecule has 0 amide bonds. The second-order valence-corrected chi connectivity index (χ2v) is 6.59. The lowest BCUT2D eigenvalue weighted by atomic mass is 10.2. The van der Waals surface area contributed by atoms with Crippen LogP contribution in [0.3, 0.4) is 0 Å². The maximum Gasteiger partial charge on any atom is 0.182 e. The molecule has 2 aromatic carbocycles. The summed E-state index contributed by atoms with van der Waals surface area (Å²) in [5, 5.41) is 0.122. The fraction of sp³-hybridized carbons (Fsp3) is 0.0769. The predicted molar refractivity (Wildman–Crippen MR) is 73.1 cm³/mol. The number of sulfone groups is 1. The number of anilines is 1. The highest BCUT2D eigenvalue weighted by Crippen LogP contribution is 2.25. The molecular formula is C13H10ClF2NO2S. The van der Waals surface area contributed by atoms with E-state index in [1.165, 1.54) is 24.3 Å². The van der Waals surface area contributed by atoms with Gasteiger partial charge in [-0.15, -0.1) is 0 Å². The van der Waals surface area contributed by atoms with Gasteiger partial charge in [0.25, 0.3) is 0 Å². The van der Waals surface area contributed by atoms with E-state index in [1.807, 2.05) is 0 Å². The normalized spacial score (nSPS) is 11.6. The fourth-order valence-electron chi connectivity index (χ4n) is 1.63. The van der Waals surface area contributed by atoms with E-state index in [4.69, 9.17) is 17.3 Å². The molecule has 3 nitrogen and oxygen atoms in total. The molecule has 2 N–H and O–H groups in total. The number of hydrogen-bond donors (Lipinski definition) is 1. The summed E-state index contributed by atoms with van der Waals surface area (Å²) in [6, 6.07) is 6.87. The van der Waals surface area contributed by atoms with E-state index in [0.29, 0.717) is 0 Å². The number of nitrogen functional groups attached to an aromatic ring is 1. The van der Waals surface area contributed by atoms with Crippen LogP contribution in [0.5, 0.6) is 0 Å². The van der Waals surface area contributed by atoms with Crippen LogP contribution in [-0.2, 0) is 15.6 Å². The zero-order valence-corrected chi connectivity index (χ0v) is 11.7. The van der Waals surface area contributed by atoms with E-state index in [1.54, 1.807) is 0 Å². The molecule has 2 aromatic rings. The van der Waals surface area contributed by atoms with Crippen molar-refractivity contribution in [3.05, 3.63) is 58.6 Å². The van der Waals surface area contributed by atoms with Crippen LogP contribution in [0.15, 0.2) is 41.3 Å². The summed E-state index contributed by atoms with van der Waals surface area (Å²) in [6.45, 7) is 0. The van der Waals surface area contributed by atoms with Crippen LogP contribution in [0.1, 0.15) is 5.56 Å². The van der Waals surface area contributed by atoms with Crippen LogP contribution in [0.25, 0.3) is 0 Å². The van der Waals surface area contributed by atoms with Crippen molar-refractivity contribution >= 4 is 27.1 Å². The molecule has 0 bridgehead atoms. The molecule has 7 heteroatoms. The minimum absolute atomic E-state index is 0.0265. The minimum Gasteiger partial charge on any atom is -0.398 e. The Morgan fingerprint density at radius 1 is 1.05 bits per heavy atom. The Labute approximate surface area is 119 Å². The van der Waals surface area contributed by atoms with E-state index in [-0.39, 0.29) is 21.2 Å². The smallest absolute Gasteiger partial charge is 0.182 e.